The number of carbonyl (C=O) groups excluding carboxylic acids is 1. The molecule has 0 aliphatic carbocycles. The molecule has 3 saturated heterocycles. The van der Waals surface area contributed by atoms with Crippen LogP contribution in [0.4, 0.5) is 0 Å². The first-order chi connectivity index (χ1) is 28.9. The van der Waals surface area contributed by atoms with E-state index in [1.54, 1.807) is 40.8 Å². The third-order valence-corrected chi connectivity index (χ3v) is 14.0. The summed E-state index contributed by atoms with van der Waals surface area (Å²) >= 11 is 0. The van der Waals surface area contributed by atoms with Gasteiger partial charge in [0.15, 0.2) is 18.7 Å². The summed E-state index contributed by atoms with van der Waals surface area (Å²) in [5.41, 5.74) is -3.58. The zero-order chi connectivity index (χ0) is 46.1. The van der Waals surface area contributed by atoms with E-state index >= 15 is 0 Å². The number of benzene rings is 1. The lowest BCUT2D eigenvalue weighted by atomic mass is 9.77. The Kier molecular flexibility index (Phi) is 16.5. The fourth-order valence-electron chi connectivity index (χ4n) is 10.1. The highest BCUT2D eigenvalue weighted by atomic mass is 16.7. The van der Waals surface area contributed by atoms with Crippen molar-refractivity contribution in [1.29, 1.82) is 0 Å². The molecule has 15 heteroatoms. The van der Waals surface area contributed by atoms with Crippen LogP contribution in [0, 0.1) is 17.8 Å². The number of rotatable bonds is 9. The van der Waals surface area contributed by atoms with E-state index < -0.39 is 96.0 Å². The summed E-state index contributed by atoms with van der Waals surface area (Å²) in [6.45, 7) is 18.4. The molecule has 0 saturated carbocycles. The van der Waals surface area contributed by atoms with Crippen molar-refractivity contribution in [2.24, 2.45) is 17.8 Å². The second kappa shape index (κ2) is 20.3. The van der Waals surface area contributed by atoms with Gasteiger partial charge in [-0.1, -0.05) is 26.8 Å². The lowest BCUT2D eigenvalue weighted by Gasteiger charge is -2.49. The molecule has 3 fully saturated rings. The molecule has 0 bridgehead atoms. The van der Waals surface area contributed by atoms with Crippen molar-refractivity contribution < 1.29 is 58.4 Å². The standard InChI is InChI=1S/C47H77N3O12/c1-15-36-47(10,55)40(51)30(6)50(13)25-26(2)23-45(8,54)42(28(4)38(29(5)43(53)60-36)61-37-24-46(9,56-14)41(52)31(7)58-37)62-44-39(35(49(11)12)21-27(3)57-44)59-33-18-19-34-32(22-33)17-16-20-48-34/h16-20,22,26-31,35-42,44,51-52,54-55H,15,21,23-25H2,1-14H3/t26-,27-,28+,29-,30-,31+,35+,36-,37+,38+,39-,40-,41+,42-,44+,45-,46-,47-/m1/s1. The Morgan fingerprint density at radius 3 is 2.29 bits per heavy atom. The van der Waals surface area contributed by atoms with Crippen LogP contribution >= 0.6 is 0 Å². The van der Waals surface area contributed by atoms with Crippen LogP contribution in [0.2, 0.25) is 0 Å². The average molecular weight is 876 g/mol. The number of cyclic esters (lactones) is 1. The molecule has 62 heavy (non-hydrogen) atoms. The van der Waals surface area contributed by atoms with Gasteiger partial charge in [-0.25, -0.2) is 0 Å². The monoisotopic (exact) mass is 876 g/mol. The molecule has 4 N–H and O–H groups in total. The van der Waals surface area contributed by atoms with E-state index in [1.165, 1.54) is 14.0 Å². The number of hydrogen-bond acceptors (Lipinski definition) is 15. The van der Waals surface area contributed by atoms with Crippen LogP contribution in [0.25, 0.3) is 10.9 Å². The molecule has 0 spiro atoms. The van der Waals surface area contributed by atoms with E-state index in [4.69, 9.17) is 33.2 Å². The number of aliphatic hydroxyl groups excluding tert-OH is 2. The molecule has 0 unspecified atom stereocenters. The predicted molar refractivity (Wildman–Crippen MR) is 234 cm³/mol. The molecule has 3 aliphatic heterocycles. The molecular formula is C47H77N3O12. The maximum atomic E-state index is 14.5. The first kappa shape index (κ1) is 50.5. The maximum Gasteiger partial charge on any atom is 0.311 e. The minimum absolute atomic E-state index is 0.132. The van der Waals surface area contributed by atoms with E-state index in [0.29, 0.717) is 18.7 Å². The molecule has 4 heterocycles. The second-order valence-corrected chi connectivity index (χ2v) is 19.6. The Hall–Kier alpha value is -2.54. The highest BCUT2D eigenvalue weighted by molar-refractivity contribution is 5.79. The zero-order valence-electron chi connectivity index (χ0n) is 39.6. The molecule has 15 nitrogen and oxygen atoms in total. The summed E-state index contributed by atoms with van der Waals surface area (Å²) in [5.74, 6) is -1.99. The van der Waals surface area contributed by atoms with E-state index in [2.05, 4.69) is 9.88 Å². The Morgan fingerprint density at radius 2 is 1.65 bits per heavy atom. The number of aliphatic hydroxyl groups is 4. The number of aromatic nitrogens is 1. The quantitative estimate of drug-likeness (QED) is 0.258. The molecule has 1 aromatic heterocycles. The topological polar surface area (TPSA) is 182 Å². The molecule has 0 amide bonds. The van der Waals surface area contributed by atoms with Crippen LogP contribution in [-0.4, -0.2) is 166 Å². The van der Waals surface area contributed by atoms with Gasteiger partial charge in [0.2, 0.25) is 0 Å². The predicted octanol–water partition coefficient (Wildman–Crippen LogP) is 4.54. The van der Waals surface area contributed by atoms with Gasteiger partial charge in [0.1, 0.15) is 29.7 Å². The van der Waals surface area contributed by atoms with Gasteiger partial charge < -0.3 is 63.4 Å². The third kappa shape index (κ3) is 11.1. The van der Waals surface area contributed by atoms with Crippen LogP contribution in [0.3, 0.4) is 0 Å². The molecule has 1 aromatic carbocycles. The van der Waals surface area contributed by atoms with E-state index in [1.807, 2.05) is 84.1 Å². The van der Waals surface area contributed by atoms with Gasteiger partial charge in [-0.05, 0) is 119 Å². The molecule has 18 atom stereocenters. The largest absolute Gasteiger partial charge is 0.483 e. The van der Waals surface area contributed by atoms with Crippen molar-refractivity contribution in [2.75, 3.05) is 34.8 Å². The van der Waals surface area contributed by atoms with Crippen molar-refractivity contribution in [3.8, 4) is 5.75 Å². The molecule has 2 aromatic rings. The zero-order valence-corrected chi connectivity index (χ0v) is 39.6. The fourth-order valence-corrected chi connectivity index (χ4v) is 10.1. The summed E-state index contributed by atoms with van der Waals surface area (Å²) in [7, 11) is 7.37. The van der Waals surface area contributed by atoms with Crippen molar-refractivity contribution in [3.05, 3.63) is 36.5 Å². The van der Waals surface area contributed by atoms with Crippen molar-refractivity contribution in [3.63, 3.8) is 0 Å². The van der Waals surface area contributed by atoms with Crippen LogP contribution in [0.15, 0.2) is 36.5 Å². The summed E-state index contributed by atoms with van der Waals surface area (Å²) in [5, 5.41) is 48.5. The maximum absolute atomic E-state index is 14.5. The van der Waals surface area contributed by atoms with Crippen LogP contribution in [0.5, 0.6) is 5.75 Å². The van der Waals surface area contributed by atoms with Crippen molar-refractivity contribution >= 4 is 16.9 Å². The number of carbonyl (C=O) groups is 1. The Bertz CT molecular complexity index is 1770. The molecule has 3 aliphatic rings. The minimum Gasteiger partial charge on any atom is -0.483 e. The number of likely N-dealkylation sites (N-methyl/N-ethyl adjacent to an activating group) is 2. The van der Waals surface area contributed by atoms with Gasteiger partial charge >= 0.3 is 5.97 Å². The van der Waals surface area contributed by atoms with E-state index in [0.717, 1.165) is 10.9 Å². The van der Waals surface area contributed by atoms with Crippen LogP contribution in [-0.2, 0) is 33.2 Å². The summed E-state index contributed by atoms with van der Waals surface area (Å²) < 4.78 is 45.8. The smallest absolute Gasteiger partial charge is 0.311 e. The first-order valence-corrected chi connectivity index (χ1v) is 22.5. The molecule has 0 radical (unpaired) electrons. The second-order valence-electron chi connectivity index (χ2n) is 19.6. The highest BCUT2D eigenvalue weighted by Crippen LogP contribution is 2.41. The van der Waals surface area contributed by atoms with Gasteiger partial charge in [0, 0.05) is 43.6 Å². The summed E-state index contributed by atoms with van der Waals surface area (Å²) in [6.07, 6.45) is -5.93. The van der Waals surface area contributed by atoms with Gasteiger partial charge in [0.25, 0.3) is 0 Å². The Balaban J connectivity index is 1.62. The van der Waals surface area contributed by atoms with Crippen LogP contribution in [0.1, 0.15) is 94.9 Å². The molecule has 5 rings (SSSR count). The normalized spacial score (nSPS) is 43.5. The van der Waals surface area contributed by atoms with E-state index in [-0.39, 0.29) is 37.3 Å². The lowest BCUT2D eigenvalue weighted by Crippen LogP contribution is -2.61. The summed E-state index contributed by atoms with van der Waals surface area (Å²) in [4.78, 5) is 23.0. The third-order valence-electron chi connectivity index (χ3n) is 14.0. The van der Waals surface area contributed by atoms with Gasteiger partial charge in [-0.15, -0.1) is 0 Å². The number of esters is 1. The number of nitrogens with zero attached hydrogens (tertiary/aromatic N) is 3. The number of pyridine rings is 1. The van der Waals surface area contributed by atoms with Crippen molar-refractivity contribution in [2.45, 2.75) is 185 Å². The molecule has 352 valence electrons. The minimum atomic E-state index is -1.81. The average Bonchev–Trinajstić information content (AvgIpc) is 3.21. The fraction of sp³-hybridized carbons (Fsp3) is 0.787. The summed E-state index contributed by atoms with van der Waals surface area (Å²) in [6, 6.07) is 8.88. The highest BCUT2D eigenvalue weighted by Gasteiger charge is 2.53. The number of hydrogen-bond donors (Lipinski definition) is 4. The van der Waals surface area contributed by atoms with Crippen LogP contribution < -0.4 is 4.74 Å². The van der Waals surface area contributed by atoms with Gasteiger partial charge in [-0.3, -0.25) is 9.78 Å². The number of ether oxygens (including phenoxy) is 7. The number of methoxy groups -OCH3 is 1. The molecular weight excluding hydrogens is 799 g/mol. The number of fused-ring (bicyclic) bond motifs is 1. The van der Waals surface area contributed by atoms with Gasteiger partial charge in [-0.2, -0.15) is 0 Å². The Morgan fingerprint density at radius 1 is 0.952 bits per heavy atom. The lowest BCUT2D eigenvalue weighted by molar-refractivity contribution is -0.316. The van der Waals surface area contributed by atoms with Gasteiger partial charge in [0.05, 0.1) is 53.1 Å². The Labute approximate surface area is 369 Å². The van der Waals surface area contributed by atoms with E-state index in [9.17, 15) is 25.2 Å². The van der Waals surface area contributed by atoms with Crippen molar-refractivity contribution in [1.82, 2.24) is 14.8 Å². The first-order valence-electron chi connectivity index (χ1n) is 22.5. The SMILES string of the molecule is CC[C@H]1OC(=O)[C@H](C)[C@@H](O[C@H]2C[C@@](C)(OC)[C@@H](O)[C@H](C)O2)[C@H](C)[C@@H](O[C@@H]2O[C@H](C)C[C@H](N(C)C)[C@H]2Oc2ccc3ncccc3c2)[C@](C)(O)C[C@@H](C)CN(C)[C@H](C)[C@@H](O)[C@]1(C)O.